The number of para-hydroxylation sites is 1. The number of carbonyl (C=O) groups excluding carboxylic acids is 2. The largest absolute Gasteiger partial charge is 0.493 e. The number of nitrogens with zero attached hydrogens (tertiary/aromatic N) is 4. The van der Waals surface area contributed by atoms with Crippen LogP contribution in [-0.4, -0.2) is 52.7 Å². The molecule has 11 nitrogen and oxygen atoms in total. The number of methoxy groups -OCH3 is 2. The molecule has 1 N–H and O–H groups in total. The summed E-state index contributed by atoms with van der Waals surface area (Å²) in [5, 5.41) is 11.2. The fourth-order valence-corrected chi connectivity index (χ4v) is 5.04. The van der Waals surface area contributed by atoms with Gasteiger partial charge < -0.3 is 29.2 Å². The molecule has 0 spiro atoms. The molecule has 0 fully saturated rings. The van der Waals surface area contributed by atoms with Crippen LogP contribution < -0.4 is 24.3 Å². The number of nitrogens with one attached hydrogen (secondary N) is 1. The van der Waals surface area contributed by atoms with Crippen LogP contribution in [-0.2, 0) is 22.7 Å². The number of aromatic nitrogens is 3. The fourth-order valence-electron chi connectivity index (χ4n) is 5.04. The van der Waals surface area contributed by atoms with E-state index in [4.69, 9.17) is 18.9 Å². The van der Waals surface area contributed by atoms with Crippen molar-refractivity contribution < 1.29 is 32.9 Å². The van der Waals surface area contributed by atoms with E-state index in [1.807, 2.05) is 18.2 Å². The van der Waals surface area contributed by atoms with Gasteiger partial charge in [0.2, 0.25) is 12.7 Å². The zero-order valence-electron chi connectivity index (χ0n) is 23.9. The first-order valence-electron chi connectivity index (χ1n) is 13.7. The Bertz CT molecular complexity index is 1830. The van der Waals surface area contributed by atoms with E-state index in [2.05, 4.69) is 15.6 Å². The zero-order chi connectivity index (χ0) is 30.6. The molecule has 2 amide bonds. The lowest BCUT2D eigenvalue weighted by atomic mass is 10.0. The first-order valence-corrected chi connectivity index (χ1v) is 13.7. The van der Waals surface area contributed by atoms with Gasteiger partial charge in [-0.15, -0.1) is 5.10 Å². The number of hydrogen-bond acceptors (Lipinski definition) is 8. The normalized spacial score (nSPS) is 12.5. The van der Waals surface area contributed by atoms with E-state index in [0.29, 0.717) is 50.8 Å². The van der Waals surface area contributed by atoms with Gasteiger partial charge in [0.25, 0.3) is 5.91 Å². The molecule has 0 saturated heterocycles. The number of anilines is 1. The van der Waals surface area contributed by atoms with Gasteiger partial charge in [-0.1, -0.05) is 35.5 Å². The van der Waals surface area contributed by atoms with Crippen LogP contribution in [0.25, 0.3) is 11.0 Å². The van der Waals surface area contributed by atoms with Gasteiger partial charge in [0.05, 0.1) is 19.7 Å². The molecule has 1 aromatic heterocycles. The quantitative estimate of drug-likeness (QED) is 0.246. The van der Waals surface area contributed by atoms with Crippen molar-refractivity contribution in [2.45, 2.75) is 19.1 Å². The highest BCUT2D eigenvalue weighted by atomic mass is 19.1. The van der Waals surface area contributed by atoms with Gasteiger partial charge in [0.1, 0.15) is 23.9 Å². The molecule has 0 unspecified atom stereocenters. The van der Waals surface area contributed by atoms with Crippen LogP contribution in [0.5, 0.6) is 23.0 Å². The summed E-state index contributed by atoms with van der Waals surface area (Å²) < 4.78 is 37.1. The number of amides is 2. The maximum Gasteiger partial charge on any atom is 0.251 e. The zero-order valence-corrected chi connectivity index (χ0v) is 23.9. The maximum atomic E-state index is 14.2. The minimum atomic E-state index is -1.16. The molecule has 12 heteroatoms. The summed E-state index contributed by atoms with van der Waals surface area (Å²) in [4.78, 5) is 29.9. The average molecular weight is 598 g/mol. The second-order valence-electron chi connectivity index (χ2n) is 9.96. The Labute approximate surface area is 251 Å². The van der Waals surface area contributed by atoms with Crippen LogP contribution in [0.3, 0.4) is 0 Å². The van der Waals surface area contributed by atoms with E-state index in [1.165, 1.54) is 35.9 Å². The molecular formula is C32H28FN5O6. The van der Waals surface area contributed by atoms with Crippen molar-refractivity contribution in [2.75, 3.05) is 26.3 Å². The Morgan fingerprint density at radius 3 is 2.52 bits per heavy atom. The number of fused-ring (bicyclic) bond motifs is 2. The summed E-state index contributed by atoms with van der Waals surface area (Å²) in [6.45, 7) is -0.139. The lowest BCUT2D eigenvalue weighted by molar-refractivity contribution is -0.140. The van der Waals surface area contributed by atoms with Crippen LogP contribution in [0, 0.1) is 5.82 Å². The summed E-state index contributed by atoms with van der Waals surface area (Å²) in [5.74, 6) is 0.535. The van der Waals surface area contributed by atoms with Gasteiger partial charge in [-0.3, -0.25) is 9.59 Å². The van der Waals surface area contributed by atoms with E-state index < -0.39 is 23.7 Å². The Morgan fingerprint density at radius 1 is 0.955 bits per heavy atom. The summed E-state index contributed by atoms with van der Waals surface area (Å²) >= 11 is 0. The van der Waals surface area contributed by atoms with Crippen molar-refractivity contribution in [1.82, 2.24) is 19.9 Å². The molecule has 44 heavy (non-hydrogen) atoms. The second kappa shape index (κ2) is 12.3. The lowest BCUT2D eigenvalue weighted by Crippen LogP contribution is -2.42. The molecule has 1 atom stereocenters. The monoisotopic (exact) mass is 597 g/mol. The second-order valence-corrected chi connectivity index (χ2v) is 9.96. The minimum Gasteiger partial charge on any atom is -0.493 e. The Hall–Kier alpha value is -5.65. The molecule has 0 aliphatic carbocycles. The lowest BCUT2D eigenvalue weighted by Gasteiger charge is -2.32. The van der Waals surface area contributed by atoms with E-state index >= 15 is 0 Å². The van der Waals surface area contributed by atoms with E-state index in [-0.39, 0.29) is 19.9 Å². The summed E-state index contributed by atoms with van der Waals surface area (Å²) in [6.07, 6.45) is 0. The van der Waals surface area contributed by atoms with Crippen molar-refractivity contribution in [3.05, 3.63) is 102 Å². The highest BCUT2D eigenvalue weighted by Gasteiger charge is 2.33. The van der Waals surface area contributed by atoms with E-state index in [9.17, 15) is 14.0 Å². The minimum absolute atomic E-state index is 0.0146. The molecule has 1 aliphatic rings. The molecule has 4 aromatic carbocycles. The van der Waals surface area contributed by atoms with Gasteiger partial charge >= 0.3 is 0 Å². The molecule has 0 radical (unpaired) electrons. The number of rotatable bonds is 10. The number of ether oxygens (including phenoxy) is 4. The standard InChI is InChI=1S/C32H28FN5O6/c1-41-26-13-9-21(15-28(26)42-2)31(32(40)34-23-12-14-27-29(16-23)44-19-43-27)37(17-20-7-10-22(33)11-8-20)30(39)18-38-25-6-4-3-5-24(25)35-36-38/h3-16,31H,17-19H2,1-2H3,(H,34,40)/t31-/m1/s1. The maximum absolute atomic E-state index is 14.2. The summed E-state index contributed by atoms with van der Waals surface area (Å²) in [7, 11) is 2.99. The third-order valence-electron chi connectivity index (χ3n) is 7.22. The van der Waals surface area contributed by atoms with Gasteiger partial charge in [-0.2, -0.15) is 0 Å². The first-order chi connectivity index (χ1) is 21.4. The number of carbonyl (C=O) groups is 2. The summed E-state index contributed by atoms with van der Waals surface area (Å²) in [6, 6.07) is 21.9. The smallest absolute Gasteiger partial charge is 0.251 e. The topological polar surface area (TPSA) is 117 Å². The van der Waals surface area contributed by atoms with E-state index in [0.717, 1.165) is 0 Å². The molecule has 0 bridgehead atoms. The first kappa shape index (κ1) is 28.5. The molecular weight excluding hydrogens is 569 g/mol. The van der Waals surface area contributed by atoms with Crippen LogP contribution >= 0.6 is 0 Å². The highest BCUT2D eigenvalue weighted by molar-refractivity contribution is 5.98. The molecule has 224 valence electrons. The molecule has 0 saturated carbocycles. The summed E-state index contributed by atoms with van der Waals surface area (Å²) in [5.41, 5.74) is 2.81. The predicted octanol–water partition coefficient (Wildman–Crippen LogP) is 4.73. The highest BCUT2D eigenvalue weighted by Crippen LogP contribution is 2.36. The van der Waals surface area contributed by atoms with Gasteiger partial charge in [-0.25, -0.2) is 9.07 Å². The van der Waals surface area contributed by atoms with Gasteiger partial charge in [0.15, 0.2) is 23.0 Å². The molecule has 5 aromatic rings. The molecule has 2 heterocycles. The predicted molar refractivity (Wildman–Crippen MR) is 158 cm³/mol. The third-order valence-corrected chi connectivity index (χ3v) is 7.22. The van der Waals surface area contributed by atoms with Crippen molar-refractivity contribution in [2.24, 2.45) is 0 Å². The Morgan fingerprint density at radius 2 is 1.73 bits per heavy atom. The average Bonchev–Trinajstić information content (AvgIpc) is 3.68. The van der Waals surface area contributed by atoms with Crippen molar-refractivity contribution in [3.63, 3.8) is 0 Å². The van der Waals surface area contributed by atoms with E-state index in [1.54, 1.807) is 54.6 Å². The van der Waals surface area contributed by atoms with Crippen molar-refractivity contribution >= 4 is 28.5 Å². The van der Waals surface area contributed by atoms with Crippen LogP contribution in [0.15, 0.2) is 84.9 Å². The fraction of sp³-hybridized carbons (Fsp3) is 0.188. The molecule has 1 aliphatic heterocycles. The third kappa shape index (κ3) is 5.82. The van der Waals surface area contributed by atoms with Crippen LogP contribution in [0.4, 0.5) is 10.1 Å². The Kier molecular flexibility index (Phi) is 7.96. The van der Waals surface area contributed by atoms with Crippen molar-refractivity contribution in [1.29, 1.82) is 0 Å². The Balaban J connectivity index is 1.42. The van der Waals surface area contributed by atoms with Crippen LogP contribution in [0.2, 0.25) is 0 Å². The van der Waals surface area contributed by atoms with Crippen molar-refractivity contribution in [3.8, 4) is 23.0 Å². The van der Waals surface area contributed by atoms with Crippen LogP contribution in [0.1, 0.15) is 17.2 Å². The van der Waals surface area contributed by atoms with Gasteiger partial charge in [0, 0.05) is 18.3 Å². The number of hydrogen-bond donors (Lipinski definition) is 1. The number of halogens is 1. The van der Waals surface area contributed by atoms with Gasteiger partial charge in [-0.05, 0) is 59.7 Å². The SMILES string of the molecule is COc1ccc([C@H](C(=O)Nc2ccc3c(c2)OCO3)N(Cc2ccc(F)cc2)C(=O)Cn2nnc3ccccc32)cc1OC. The molecule has 6 rings (SSSR count). The number of benzene rings is 4.